The van der Waals surface area contributed by atoms with Crippen LogP contribution in [0.3, 0.4) is 0 Å². The van der Waals surface area contributed by atoms with E-state index in [-0.39, 0.29) is 17.7 Å². The first-order valence-corrected chi connectivity index (χ1v) is 9.56. The maximum absolute atomic E-state index is 12.7. The number of halogens is 3. The highest BCUT2D eigenvalue weighted by molar-refractivity contribution is 6.00. The minimum absolute atomic E-state index is 0.277. The Hall–Kier alpha value is -3.06. The summed E-state index contributed by atoms with van der Waals surface area (Å²) in [6, 6.07) is 14.4. The second-order valence-corrected chi connectivity index (χ2v) is 7.05. The van der Waals surface area contributed by atoms with E-state index in [9.17, 15) is 23.1 Å². The average molecular weight is 417 g/mol. The third-order valence-electron chi connectivity index (χ3n) is 4.87. The van der Waals surface area contributed by atoms with Gasteiger partial charge in [-0.15, -0.1) is 0 Å². The van der Waals surface area contributed by atoms with E-state index in [0.29, 0.717) is 17.7 Å². The van der Waals surface area contributed by atoms with Gasteiger partial charge in [-0.1, -0.05) is 19.1 Å². The summed E-state index contributed by atoms with van der Waals surface area (Å²) in [5, 5.41) is 14.1. The van der Waals surface area contributed by atoms with Crippen molar-refractivity contribution < 1.29 is 27.8 Å². The summed E-state index contributed by atoms with van der Waals surface area (Å²) in [4.78, 5) is 12.5. The molecule has 0 aliphatic rings. The number of carbonyl (C=O) groups is 1. The van der Waals surface area contributed by atoms with Crippen LogP contribution in [0.4, 0.5) is 13.2 Å². The van der Waals surface area contributed by atoms with Gasteiger partial charge >= 0.3 is 6.18 Å². The minimum Gasteiger partial charge on any atom is -0.457 e. The van der Waals surface area contributed by atoms with Crippen LogP contribution in [0, 0.1) is 0 Å². The molecule has 0 saturated carbocycles. The molecule has 0 aliphatic carbocycles. The molecular formula is C23H22F3NO3. The molecule has 1 amide bonds. The third-order valence-corrected chi connectivity index (χ3v) is 4.87. The number of alkyl halides is 3. The third kappa shape index (κ3) is 4.91. The zero-order valence-electron chi connectivity index (χ0n) is 16.5. The molecule has 0 unspecified atom stereocenters. The number of hydrogen-bond acceptors (Lipinski definition) is 3. The van der Waals surface area contributed by atoms with Gasteiger partial charge in [0.05, 0.1) is 17.7 Å². The first-order chi connectivity index (χ1) is 14.2. The van der Waals surface area contributed by atoms with Gasteiger partial charge in [0.25, 0.3) is 5.91 Å². The number of rotatable bonds is 6. The maximum Gasteiger partial charge on any atom is 0.416 e. The molecule has 3 rings (SSSR count). The summed E-state index contributed by atoms with van der Waals surface area (Å²) in [5.74, 6) is 0.444. The lowest BCUT2D eigenvalue weighted by molar-refractivity contribution is -0.137. The van der Waals surface area contributed by atoms with Crippen LogP contribution in [0.2, 0.25) is 0 Å². The smallest absolute Gasteiger partial charge is 0.416 e. The number of carbonyl (C=O) groups excluding carboxylic acids is 1. The molecule has 0 bridgehead atoms. The molecule has 4 nitrogen and oxygen atoms in total. The van der Waals surface area contributed by atoms with Crippen molar-refractivity contribution in [1.29, 1.82) is 0 Å². The Bertz CT molecular complexity index is 1030. The van der Waals surface area contributed by atoms with E-state index in [1.807, 2.05) is 13.0 Å². The van der Waals surface area contributed by atoms with Gasteiger partial charge in [0, 0.05) is 10.9 Å². The predicted molar refractivity (Wildman–Crippen MR) is 109 cm³/mol. The molecule has 0 heterocycles. The molecule has 0 spiro atoms. The van der Waals surface area contributed by atoms with Crippen molar-refractivity contribution in [2.75, 3.05) is 0 Å². The molecule has 0 fully saturated rings. The van der Waals surface area contributed by atoms with E-state index < -0.39 is 17.8 Å². The van der Waals surface area contributed by atoms with E-state index >= 15 is 0 Å². The van der Waals surface area contributed by atoms with Crippen molar-refractivity contribution >= 4 is 16.7 Å². The highest BCUT2D eigenvalue weighted by Gasteiger charge is 2.30. The summed E-state index contributed by atoms with van der Waals surface area (Å²) in [7, 11) is 0. The molecule has 2 atom stereocenters. The van der Waals surface area contributed by atoms with Crippen LogP contribution in [0.5, 0.6) is 11.5 Å². The Labute approximate surface area is 172 Å². The normalized spacial score (nSPS) is 13.7. The Kier molecular flexibility index (Phi) is 6.31. The number of ether oxygens (including phenoxy) is 1. The molecule has 3 aromatic rings. The molecule has 2 N–H and O–H groups in total. The summed E-state index contributed by atoms with van der Waals surface area (Å²) < 4.78 is 43.9. The van der Waals surface area contributed by atoms with E-state index in [1.165, 1.54) is 12.1 Å². The van der Waals surface area contributed by atoms with Gasteiger partial charge in [0.15, 0.2) is 0 Å². The van der Waals surface area contributed by atoms with Crippen molar-refractivity contribution in [1.82, 2.24) is 5.32 Å². The Morgan fingerprint density at radius 1 is 1.10 bits per heavy atom. The van der Waals surface area contributed by atoms with Gasteiger partial charge in [0.1, 0.15) is 11.5 Å². The maximum atomic E-state index is 12.7. The highest BCUT2D eigenvalue weighted by Crippen LogP contribution is 2.33. The SMILES string of the molecule is CC[C@H](O)[C@@H](C)NC(=O)c1ccc2c(Oc3ccc(C(F)(F)F)cc3)cccc2c1. The lowest BCUT2D eigenvalue weighted by atomic mass is 10.0. The zero-order chi connectivity index (χ0) is 21.9. The Morgan fingerprint density at radius 3 is 2.43 bits per heavy atom. The minimum atomic E-state index is -4.40. The molecule has 0 aromatic heterocycles. The first kappa shape index (κ1) is 21.6. The lowest BCUT2D eigenvalue weighted by Gasteiger charge is -2.19. The van der Waals surface area contributed by atoms with Crippen molar-refractivity contribution in [2.45, 2.75) is 38.6 Å². The molecule has 0 radical (unpaired) electrons. The van der Waals surface area contributed by atoms with Crippen LogP contribution in [0.15, 0.2) is 60.7 Å². The standard InChI is InChI=1S/C23H22F3NO3/c1-3-20(28)14(2)27-22(29)16-7-12-19-15(13-16)5-4-6-21(19)30-18-10-8-17(9-11-18)23(24,25)26/h4-14,20,28H,3H2,1-2H3,(H,27,29)/t14-,20+/m1/s1. The summed E-state index contributed by atoms with van der Waals surface area (Å²) >= 11 is 0. The van der Waals surface area contributed by atoms with Crippen molar-refractivity contribution in [2.24, 2.45) is 0 Å². The van der Waals surface area contributed by atoms with Crippen molar-refractivity contribution in [3.63, 3.8) is 0 Å². The van der Waals surface area contributed by atoms with E-state index in [0.717, 1.165) is 22.9 Å². The monoisotopic (exact) mass is 417 g/mol. The molecule has 3 aromatic carbocycles. The Balaban J connectivity index is 1.82. The second kappa shape index (κ2) is 8.75. The van der Waals surface area contributed by atoms with Crippen LogP contribution in [0.1, 0.15) is 36.2 Å². The fourth-order valence-corrected chi connectivity index (χ4v) is 3.06. The fraction of sp³-hybridized carbons (Fsp3) is 0.261. The van der Waals surface area contributed by atoms with Crippen LogP contribution in [-0.4, -0.2) is 23.2 Å². The number of nitrogens with one attached hydrogen (secondary N) is 1. The molecular weight excluding hydrogens is 395 g/mol. The van der Waals surface area contributed by atoms with Crippen molar-refractivity contribution in [3.8, 4) is 11.5 Å². The molecule has 30 heavy (non-hydrogen) atoms. The van der Waals surface area contributed by atoms with Crippen LogP contribution in [0.25, 0.3) is 10.8 Å². The van der Waals surface area contributed by atoms with Gasteiger partial charge in [-0.05, 0) is 67.3 Å². The lowest BCUT2D eigenvalue weighted by Crippen LogP contribution is -2.40. The largest absolute Gasteiger partial charge is 0.457 e. The second-order valence-electron chi connectivity index (χ2n) is 7.05. The van der Waals surface area contributed by atoms with E-state index in [1.54, 1.807) is 37.3 Å². The number of aliphatic hydroxyl groups excluding tert-OH is 1. The van der Waals surface area contributed by atoms with Gasteiger partial charge in [-0.25, -0.2) is 0 Å². The molecule has 7 heteroatoms. The highest BCUT2D eigenvalue weighted by atomic mass is 19.4. The predicted octanol–water partition coefficient (Wildman–Crippen LogP) is 5.54. The van der Waals surface area contributed by atoms with Crippen LogP contribution >= 0.6 is 0 Å². The summed E-state index contributed by atoms with van der Waals surface area (Å²) in [6.45, 7) is 3.57. The van der Waals surface area contributed by atoms with Crippen LogP contribution in [-0.2, 0) is 6.18 Å². The topological polar surface area (TPSA) is 58.6 Å². The fourth-order valence-electron chi connectivity index (χ4n) is 3.06. The quantitative estimate of drug-likeness (QED) is 0.554. The number of hydrogen-bond donors (Lipinski definition) is 2. The average Bonchev–Trinajstić information content (AvgIpc) is 2.72. The van der Waals surface area contributed by atoms with Gasteiger partial charge in [-0.2, -0.15) is 13.2 Å². The number of aliphatic hydroxyl groups is 1. The van der Waals surface area contributed by atoms with Gasteiger partial charge in [-0.3, -0.25) is 4.79 Å². The number of benzene rings is 3. The molecule has 0 saturated heterocycles. The molecule has 0 aliphatic heterocycles. The number of amides is 1. The van der Waals surface area contributed by atoms with Crippen LogP contribution < -0.4 is 10.1 Å². The summed E-state index contributed by atoms with van der Waals surface area (Å²) in [6.07, 6.45) is -4.50. The van der Waals surface area contributed by atoms with Gasteiger partial charge < -0.3 is 15.2 Å². The Morgan fingerprint density at radius 2 is 1.80 bits per heavy atom. The first-order valence-electron chi connectivity index (χ1n) is 9.56. The summed E-state index contributed by atoms with van der Waals surface area (Å²) in [5.41, 5.74) is -0.310. The van der Waals surface area contributed by atoms with Crippen molar-refractivity contribution in [3.05, 3.63) is 71.8 Å². The molecule has 158 valence electrons. The van der Waals surface area contributed by atoms with E-state index in [4.69, 9.17) is 4.74 Å². The number of fused-ring (bicyclic) bond motifs is 1. The van der Waals surface area contributed by atoms with E-state index in [2.05, 4.69) is 5.32 Å². The van der Waals surface area contributed by atoms with Gasteiger partial charge in [0.2, 0.25) is 0 Å². The zero-order valence-corrected chi connectivity index (χ0v) is 16.5.